The number of hydrogen-bond donors (Lipinski definition) is 1. The van der Waals surface area contributed by atoms with E-state index >= 15 is 0 Å². The van der Waals surface area contributed by atoms with Gasteiger partial charge in [-0.2, -0.15) is 8.61 Å². The van der Waals surface area contributed by atoms with Gasteiger partial charge in [0.25, 0.3) is 11.4 Å². The summed E-state index contributed by atoms with van der Waals surface area (Å²) in [5, 5.41) is 25.7. The molecule has 0 saturated carbocycles. The van der Waals surface area contributed by atoms with Gasteiger partial charge < -0.3 is 10.1 Å². The SMILES string of the molecule is CC(C)(C)OC(=O)NCCCN(CCCN(CCCI)S(=O)(=O)c1ccccc1[N+](=O)[O-])S(=O)(=O)c1ccccc1[N+](=O)[O-]. The van der Waals surface area contributed by atoms with E-state index in [9.17, 15) is 41.9 Å². The smallest absolute Gasteiger partial charge is 0.407 e. The Kier molecular flexibility index (Phi) is 13.9. The third-order valence-corrected chi connectivity index (χ3v) is 10.6. The largest absolute Gasteiger partial charge is 0.444 e. The highest BCUT2D eigenvalue weighted by atomic mass is 127. The van der Waals surface area contributed by atoms with Crippen LogP contribution in [0.25, 0.3) is 0 Å². The molecule has 0 radical (unpaired) electrons. The standard InChI is InChI=1S/C26H36IN5O10S2/c1-26(2,3)42-25(33)28-16-9-18-30(44(40,41)24-14-7-5-12-22(24)32(36)37)20-10-19-29(17-8-15-27)43(38,39)23-13-6-4-11-21(23)31(34)35/h4-7,11-14H,8-10,15-20H2,1-3H3,(H,28,33). The highest BCUT2D eigenvalue weighted by Gasteiger charge is 2.33. The summed E-state index contributed by atoms with van der Waals surface area (Å²) < 4.78 is 62.2. The Morgan fingerprint density at radius 2 is 1.20 bits per heavy atom. The number of sulfonamides is 2. The number of nitrogens with one attached hydrogen (secondary N) is 1. The minimum Gasteiger partial charge on any atom is -0.444 e. The van der Waals surface area contributed by atoms with E-state index in [-0.39, 0.29) is 45.6 Å². The van der Waals surface area contributed by atoms with E-state index in [0.29, 0.717) is 10.8 Å². The summed E-state index contributed by atoms with van der Waals surface area (Å²) in [5.41, 5.74) is -1.94. The summed E-state index contributed by atoms with van der Waals surface area (Å²) in [6, 6.07) is 9.85. The Hall–Kier alpha value is -2.94. The first kappa shape index (κ1) is 37.2. The summed E-state index contributed by atoms with van der Waals surface area (Å²) in [5.74, 6) is 0. The first-order valence-electron chi connectivity index (χ1n) is 13.5. The number of carbonyl (C=O) groups excluding carboxylic acids is 1. The lowest BCUT2D eigenvalue weighted by Gasteiger charge is -2.25. The molecule has 0 saturated heterocycles. The Labute approximate surface area is 270 Å². The fraction of sp³-hybridized carbons (Fsp3) is 0.500. The second kappa shape index (κ2) is 16.4. The van der Waals surface area contributed by atoms with E-state index in [1.807, 2.05) is 0 Å². The Balaban J connectivity index is 2.32. The number of ether oxygens (including phenoxy) is 1. The molecule has 0 heterocycles. The summed E-state index contributed by atoms with van der Waals surface area (Å²) in [7, 11) is -8.77. The van der Waals surface area contributed by atoms with Gasteiger partial charge in [-0.25, -0.2) is 21.6 Å². The highest BCUT2D eigenvalue weighted by Crippen LogP contribution is 2.28. The van der Waals surface area contributed by atoms with Crippen LogP contribution in [-0.4, -0.2) is 84.1 Å². The molecule has 2 aromatic carbocycles. The molecular formula is C26H36IN5O10S2. The quantitative estimate of drug-likeness (QED) is 0.0795. The third-order valence-electron chi connectivity index (χ3n) is 5.97. The van der Waals surface area contributed by atoms with E-state index < -0.39 is 62.8 Å². The number of hydrogen-bond acceptors (Lipinski definition) is 10. The van der Waals surface area contributed by atoms with Gasteiger partial charge in [-0.3, -0.25) is 20.2 Å². The number of alkyl halides is 1. The molecule has 2 aromatic rings. The van der Waals surface area contributed by atoms with E-state index in [2.05, 4.69) is 27.9 Å². The maximum Gasteiger partial charge on any atom is 0.407 e. The molecule has 0 atom stereocenters. The average Bonchev–Trinajstić information content (AvgIpc) is 2.94. The first-order chi connectivity index (χ1) is 20.5. The molecule has 0 fully saturated rings. The van der Waals surface area contributed by atoms with Crippen molar-refractivity contribution in [2.75, 3.05) is 37.2 Å². The van der Waals surface area contributed by atoms with Crippen LogP contribution in [0.4, 0.5) is 16.2 Å². The molecule has 44 heavy (non-hydrogen) atoms. The molecule has 18 heteroatoms. The zero-order valence-corrected chi connectivity index (χ0v) is 28.3. The van der Waals surface area contributed by atoms with Crippen molar-refractivity contribution in [2.24, 2.45) is 0 Å². The van der Waals surface area contributed by atoms with E-state index in [1.54, 1.807) is 20.8 Å². The summed E-state index contributed by atoms with van der Waals surface area (Å²) >= 11 is 2.07. The van der Waals surface area contributed by atoms with E-state index in [0.717, 1.165) is 32.9 Å². The number of rotatable bonds is 17. The maximum atomic E-state index is 13.7. The third kappa shape index (κ3) is 10.6. The predicted molar refractivity (Wildman–Crippen MR) is 171 cm³/mol. The number of para-hydroxylation sites is 2. The predicted octanol–water partition coefficient (Wildman–Crippen LogP) is 4.31. The van der Waals surface area contributed by atoms with Crippen molar-refractivity contribution in [1.82, 2.24) is 13.9 Å². The van der Waals surface area contributed by atoms with Gasteiger partial charge >= 0.3 is 6.09 Å². The van der Waals surface area contributed by atoms with Crippen molar-refractivity contribution >= 4 is 60.1 Å². The lowest BCUT2D eigenvalue weighted by atomic mass is 10.2. The van der Waals surface area contributed by atoms with Gasteiger partial charge in [0.1, 0.15) is 5.60 Å². The van der Waals surface area contributed by atoms with Gasteiger partial charge in [0, 0.05) is 49.3 Å². The molecular weight excluding hydrogens is 733 g/mol. The first-order valence-corrected chi connectivity index (χ1v) is 17.9. The normalized spacial score (nSPS) is 12.3. The molecule has 0 spiro atoms. The van der Waals surface area contributed by atoms with Crippen molar-refractivity contribution in [3.8, 4) is 0 Å². The molecule has 0 bridgehead atoms. The molecule has 0 aliphatic heterocycles. The lowest BCUT2D eigenvalue weighted by Crippen LogP contribution is -2.39. The fourth-order valence-electron chi connectivity index (χ4n) is 4.05. The molecule has 1 amide bonds. The summed E-state index contributed by atoms with van der Waals surface area (Å²) in [4.78, 5) is 32.5. The van der Waals surface area contributed by atoms with E-state index in [1.165, 1.54) is 24.3 Å². The van der Waals surface area contributed by atoms with Crippen LogP contribution in [0.15, 0.2) is 58.3 Å². The monoisotopic (exact) mass is 769 g/mol. The molecule has 244 valence electrons. The van der Waals surface area contributed by atoms with Gasteiger partial charge in [0.15, 0.2) is 9.79 Å². The van der Waals surface area contributed by atoms with Crippen molar-refractivity contribution in [3.05, 3.63) is 68.8 Å². The molecule has 0 aromatic heterocycles. The van der Waals surface area contributed by atoms with Crippen LogP contribution >= 0.6 is 22.6 Å². The van der Waals surface area contributed by atoms with Crippen LogP contribution in [0.5, 0.6) is 0 Å². The minimum atomic E-state index is -4.44. The highest BCUT2D eigenvalue weighted by molar-refractivity contribution is 14.1. The number of amides is 1. The van der Waals surface area contributed by atoms with Gasteiger partial charge in [-0.1, -0.05) is 46.9 Å². The Morgan fingerprint density at radius 3 is 1.61 bits per heavy atom. The molecule has 15 nitrogen and oxygen atoms in total. The number of nitro groups is 2. The zero-order valence-electron chi connectivity index (χ0n) is 24.5. The Morgan fingerprint density at radius 1 is 0.795 bits per heavy atom. The van der Waals surface area contributed by atoms with Crippen LogP contribution in [0.3, 0.4) is 0 Å². The fourth-order valence-corrected chi connectivity index (χ4v) is 7.74. The molecule has 0 aliphatic rings. The number of carbonyl (C=O) groups is 1. The molecule has 0 aliphatic carbocycles. The molecule has 0 unspecified atom stereocenters. The Bertz CT molecular complexity index is 1530. The van der Waals surface area contributed by atoms with Gasteiger partial charge in [0.2, 0.25) is 20.0 Å². The van der Waals surface area contributed by atoms with Gasteiger partial charge in [0.05, 0.1) is 9.85 Å². The number of nitro benzene ring substituents is 2. The second-order valence-electron chi connectivity index (χ2n) is 10.4. The zero-order chi connectivity index (χ0) is 33.1. The van der Waals surface area contributed by atoms with Crippen molar-refractivity contribution in [1.29, 1.82) is 0 Å². The minimum absolute atomic E-state index is 0.0273. The van der Waals surface area contributed by atoms with Crippen LogP contribution in [-0.2, 0) is 24.8 Å². The van der Waals surface area contributed by atoms with Gasteiger partial charge in [-0.15, -0.1) is 0 Å². The van der Waals surface area contributed by atoms with Crippen LogP contribution in [0.1, 0.15) is 40.0 Å². The number of halogens is 1. The van der Waals surface area contributed by atoms with Crippen molar-refractivity contribution in [2.45, 2.75) is 55.4 Å². The van der Waals surface area contributed by atoms with Crippen LogP contribution < -0.4 is 5.32 Å². The molecule has 2 rings (SSSR count). The number of benzene rings is 2. The number of alkyl carbamates (subject to hydrolysis) is 1. The van der Waals surface area contributed by atoms with Gasteiger partial charge in [-0.05, 0) is 52.2 Å². The second-order valence-corrected chi connectivity index (χ2v) is 15.3. The van der Waals surface area contributed by atoms with Crippen molar-refractivity contribution in [3.63, 3.8) is 0 Å². The number of nitrogens with zero attached hydrogens (tertiary/aromatic N) is 4. The molecule has 1 N–H and O–H groups in total. The van der Waals surface area contributed by atoms with E-state index in [4.69, 9.17) is 4.74 Å². The maximum absolute atomic E-state index is 13.7. The average molecular weight is 770 g/mol. The lowest BCUT2D eigenvalue weighted by molar-refractivity contribution is -0.388. The van der Waals surface area contributed by atoms with Crippen LogP contribution in [0, 0.1) is 20.2 Å². The topological polar surface area (TPSA) is 199 Å². The van der Waals surface area contributed by atoms with Crippen LogP contribution in [0.2, 0.25) is 0 Å². The summed E-state index contributed by atoms with van der Waals surface area (Å²) in [6.07, 6.45) is -0.168. The van der Waals surface area contributed by atoms with Crippen molar-refractivity contribution < 1.29 is 36.2 Å². The summed E-state index contributed by atoms with van der Waals surface area (Å²) in [6.45, 7) is 4.57.